The van der Waals surface area contributed by atoms with Crippen LogP contribution in [0.25, 0.3) is 0 Å². The Morgan fingerprint density at radius 2 is 2.04 bits per heavy atom. The van der Waals surface area contributed by atoms with E-state index in [2.05, 4.69) is 12.2 Å². The highest BCUT2D eigenvalue weighted by Gasteiger charge is 2.34. The van der Waals surface area contributed by atoms with Crippen LogP contribution in [-0.2, 0) is 9.59 Å². The minimum atomic E-state index is -0.307. The van der Waals surface area contributed by atoms with Crippen LogP contribution in [0.15, 0.2) is 30.3 Å². The van der Waals surface area contributed by atoms with E-state index in [4.69, 9.17) is 10.5 Å². The molecule has 2 rings (SSSR count). The summed E-state index contributed by atoms with van der Waals surface area (Å²) in [6.45, 7) is 3.89. The van der Waals surface area contributed by atoms with E-state index in [-0.39, 0.29) is 42.8 Å². The van der Waals surface area contributed by atoms with E-state index in [1.165, 1.54) is 0 Å². The summed E-state index contributed by atoms with van der Waals surface area (Å²) in [6.07, 6.45) is 0.903. The third kappa shape index (κ3) is 5.73. The number of nitrogens with one attached hydrogen (secondary N) is 1. The van der Waals surface area contributed by atoms with Gasteiger partial charge in [-0.25, -0.2) is 0 Å². The zero-order valence-electron chi connectivity index (χ0n) is 13.3. The summed E-state index contributed by atoms with van der Waals surface area (Å²) in [5.74, 6) is 0.241. The lowest BCUT2D eigenvalue weighted by Crippen LogP contribution is -2.42. The largest absolute Gasteiger partial charge is 0.484 e. The molecule has 1 saturated heterocycles. The van der Waals surface area contributed by atoms with Gasteiger partial charge < -0.3 is 20.7 Å². The zero-order valence-corrected chi connectivity index (χ0v) is 14.1. The molecule has 0 aromatic heterocycles. The second-order valence-electron chi connectivity index (χ2n) is 5.96. The van der Waals surface area contributed by atoms with Gasteiger partial charge in [0.05, 0.1) is 6.54 Å². The van der Waals surface area contributed by atoms with Gasteiger partial charge in [0.1, 0.15) is 5.75 Å². The molecule has 1 unspecified atom stereocenters. The molecule has 6 nitrogen and oxygen atoms in total. The smallest absolute Gasteiger partial charge is 0.258 e. The summed E-state index contributed by atoms with van der Waals surface area (Å²) in [6, 6.07) is 9.08. The summed E-state index contributed by atoms with van der Waals surface area (Å²) >= 11 is 0. The standard InChI is InChI=1S/C16H23N3O3.ClH/c1-16(11-17)7-8-19(12-16)15(21)9-18-14(20)10-22-13-5-3-2-4-6-13;/h2-6H,7-12,17H2,1H3,(H,18,20);1H. The number of likely N-dealkylation sites (tertiary alicyclic amines) is 1. The quantitative estimate of drug-likeness (QED) is 0.801. The van der Waals surface area contributed by atoms with Gasteiger partial charge in [0.15, 0.2) is 6.61 Å². The SMILES string of the molecule is CC1(CN)CCN(C(=O)CNC(=O)COc2ccccc2)C1.Cl. The van der Waals surface area contributed by atoms with Crippen LogP contribution >= 0.6 is 12.4 Å². The monoisotopic (exact) mass is 341 g/mol. The topological polar surface area (TPSA) is 84.7 Å². The molecule has 3 N–H and O–H groups in total. The van der Waals surface area contributed by atoms with Gasteiger partial charge in [-0.05, 0) is 30.5 Å². The lowest BCUT2D eigenvalue weighted by atomic mass is 9.90. The van der Waals surface area contributed by atoms with E-state index >= 15 is 0 Å². The van der Waals surface area contributed by atoms with Gasteiger partial charge in [-0.3, -0.25) is 9.59 Å². The van der Waals surface area contributed by atoms with Crippen molar-refractivity contribution in [3.05, 3.63) is 30.3 Å². The van der Waals surface area contributed by atoms with Crippen LogP contribution in [0.1, 0.15) is 13.3 Å². The van der Waals surface area contributed by atoms with Crippen LogP contribution in [-0.4, -0.2) is 49.5 Å². The number of amides is 2. The van der Waals surface area contributed by atoms with E-state index < -0.39 is 0 Å². The normalized spacial score (nSPS) is 19.8. The molecule has 1 fully saturated rings. The summed E-state index contributed by atoms with van der Waals surface area (Å²) in [4.78, 5) is 25.5. The number of carbonyl (C=O) groups excluding carboxylic acids is 2. The molecule has 1 heterocycles. The first-order valence-corrected chi connectivity index (χ1v) is 7.45. The number of benzene rings is 1. The molecule has 2 amide bonds. The highest BCUT2D eigenvalue weighted by molar-refractivity contribution is 5.85. The average molecular weight is 342 g/mol. The number of nitrogens with zero attached hydrogens (tertiary/aromatic N) is 1. The zero-order chi connectivity index (χ0) is 16.0. The Morgan fingerprint density at radius 1 is 1.35 bits per heavy atom. The number of hydrogen-bond donors (Lipinski definition) is 2. The van der Waals surface area contributed by atoms with Crippen molar-refractivity contribution >= 4 is 24.2 Å². The Morgan fingerprint density at radius 3 is 2.65 bits per heavy atom. The van der Waals surface area contributed by atoms with Crippen molar-refractivity contribution in [3.8, 4) is 5.75 Å². The highest BCUT2D eigenvalue weighted by Crippen LogP contribution is 2.28. The molecule has 0 radical (unpaired) electrons. The van der Waals surface area contributed by atoms with E-state index in [9.17, 15) is 9.59 Å². The number of ether oxygens (including phenoxy) is 1. The minimum absolute atomic E-state index is 0. The molecule has 0 bridgehead atoms. The lowest BCUT2D eigenvalue weighted by Gasteiger charge is -2.22. The summed E-state index contributed by atoms with van der Waals surface area (Å²) in [7, 11) is 0. The average Bonchev–Trinajstić information content (AvgIpc) is 2.95. The molecule has 7 heteroatoms. The molecule has 1 aliphatic rings. The summed E-state index contributed by atoms with van der Waals surface area (Å²) in [5.41, 5.74) is 5.72. The number of halogens is 1. The third-order valence-electron chi connectivity index (χ3n) is 3.95. The molecule has 1 aliphatic heterocycles. The third-order valence-corrected chi connectivity index (χ3v) is 3.95. The molecule has 0 aliphatic carbocycles. The van der Waals surface area contributed by atoms with Crippen molar-refractivity contribution in [2.75, 3.05) is 32.8 Å². The Kier molecular flexibility index (Phi) is 7.32. The van der Waals surface area contributed by atoms with Gasteiger partial charge >= 0.3 is 0 Å². The van der Waals surface area contributed by atoms with Crippen LogP contribution in [0.3, 0.4) is 0 Å². The molecular formula is C16H24ClN3O3. The maximum absolute atomic E-state index is 12.1. The van der Waals surface area contributed by atoms with E-state index in [0.29, 0.717) is 25.4 Å². The predicted octanol–water partition coefficient (Wildman–Crippen LogP) is 0.801. The van der Waals surface area contributed by atoms with E-state index in [1.54, 1.807) is 17.0 Å². The molecule has 23 heavy (non-hydrogen) atoms. The predicted molar refractivity (Wildman–Crippen MR) is 90.6 cm³/mol. The molecular weight excluding hydrogens is 318 g/mol. The van der Waals surface area contributed by atoms with Crippen LogP contribution < -0.4 is 15.8 Å². The van der Waals surface area contributed by atoms with Crippen molar-refractivity contribution in [2.24, 2.45) is 11.1 Å². The molecule has 1 atom stereocenters. The van der Waals surface area contributed by atoms with Crippen LogP contribution in [0.5, 0.6) is 5.75 Å². The van der Waals surface area contributed by atoms with Crippen molar-refractivity contribution in [1.29, 1.82) is 0 Å². The fourth-order valence-electron chi connectivity index (χ4n) is 2.41. The van der Waals surface area contributed by atoms with E-state index in [0.717, 1.165) is 6.42 Å². The molecule has 128 valence electrons. The molecule has 1 aromatic rings. The van der Waals surface area contributed by atoms with Gasteiger partial charge in [-0.1, -0.05) is 25.1 Å². The van der Waals surface area contributed by atoms with Crippen LogP contribution in [0.4, 0.5) is 0 Å². The van der Waals surface area contributed by atoms with Crippen molar-refractivity contribution in [2.45, 2.75) is 13.3 Å². The van der Waals surface area contributed by atoms with Crippen molar-refractivity contribution in [1.82, 2.24) is 10.2 Å². The maximum Gasteiger partial charge on any atom is 0.258 e. The van der Waals surface area contributed by atoms with Crippen molar-refractivity contribution < 1.29 is 14.3 Å². The second kappa shape index (κ2) is 8.74. The Hall–Kier alpha value is -1.79. The minimum Gasteiger partial charge on any atom is -0.484 e. The first-order chi connectivity index (χ1) is 10.5. The van der Waals surface area contributed by atoms with Crippen molar-refractivity contribution in [3.63, 3.8) is 0 Å². The Bertz CT molecular complexity index is 527. The first kappa shape index (κ1) is 19.3. The van der Waals surface area contributed by atoms with Gasteiger partial charge in [-0.15, -0.1) is 12.4 Å². The number of para-hydroxylation sites is 1. The fraction of sp³-hybridized carbons (Fsp3) is 0.500. The molecule has 0 saturated carbocycles. The lowest BCUT2D eigenvalue weighted by molar-refractivity contribution is -0.132. The fourth-order valence-corrected chi connectivity index (χ4v) is 2.41. The summed E-state index contributed by atoms with van der Waals surface area (Å²) < 4.78 is 5.32. The molecule has 1 aromatic carbocycles. The summed E-state index contributed by atoms with van der Waals surface area (Å²) in [5, 5.41) is 2.59. The van der Waals surface area contributed by atoms with Gasteiger partial charge in [0.2, 0.25) is 5.91 Å². The number of nitrogens with two attached hydrogens (primary N) is 1. The highest BCUT2D eigenvalue weighted by atomic mass is 35.5. The van der Waals surface area contributed by atoms with Crippen LogP contribution in [0.2, 0.25) is 0 Å². The first-order valence-electron chi connectivity index (χ1n) is 7.45. The Balaban J connectivity index is 0.00000264. The van der Waals surface area contributed by atoms with Gasteiger partial charge in [0, 0.05) is 13.1 Å². The molecule has 0 spiro atoms. The number of hydrogen-bond acceptors (Lipinski definition) is 4. The Labute approximate surface area is 142 Å². The maximum atomic E-state index is 12.1. The second-order valence-corrected chi connectivity index (χ2v) is 5.96. The number of rotatable bonds is 6. The van der Waals surface area contributed by atoms with Gasteiger partial charge in [0.25, 0.3) is 5.91 Å². The van der Waals surface area contributed by atoms with Gasteiger partial charge in [-0.2, -0.15) is 0 Å². The van der Waals surface area contributed by atoms with Crippen LogP contribution in [0, 0.1) is 5.41 Å². The number of carbonyl (C=O) groups is 2. The van der Waals surface area contributed by atoms with E-state index in [1.807, 2.05) is 18.2 Å².